The number of nitrogens with zero attached hydrogens (tertiary/aromatic N) is 2. The Morgan fingerprint density at radius 1 is 1.27 bits per heavy atom. The van der Waals surface area contributed by atoms with E-state index >= 15 is 0 Å². The zero-order valence-corrected chi connectivity index (χ0v) is 16.1. The summed E-state index contributed by atoms with van der Waals surface area (Å²) in [6.45, 7) is 7.93. The van der Waals surface area contributed by atoms with Gasteiger partial charge in [0.25, 0.3) is 0 Å². The average Bonchev–Trinajstić information content (AvgIpc) is 2.64. The van der Waals surface area contributed by atoms with Gasteiger partial charge in [-0.1, -0.05) is 30.3 Å². The van der Waals surface area contributed by atoms with Crippen LogP contribution in [0.25, 0.3) is 0 Å². The molecule has 1 aliphatic heterocycles. The molecule has 1 aromatic carbocycles. The first-order valence-electron chi connectivity index (χ1n) is 9.40. The number of hydrogen-bond acceptors (Lipinski definition) is 4. The Hall–Kier alpha value is -2.08. The summed E-state index contributed by atoms with van der Waals surface area (Å²) in [7, 11) is 0. The Morgan fingerprint density at radius 2 is 1.96 bits per heavy atom. The van der Waals surface area contributed by atoms with E-state index in [1.54, 1.807) is 11.8 Å². The lowest BCUT2D eigenvalue weighted by Crippen LogP contribution is -2.50. The van der Waals surface area contributed by atoms with Gasteiger partial charge >= 0.3 is 6.09 Å². The lowest BCUT2D eigenvalue weighted by molar-refractivity contribution is -0.134. The molecule has 1 aromatic rings. The van der Waals surface area contributed by atoms with Gasteiger partial charge in [-0.3, -0.25) is 4.79 Å². The fourth-order valence-corrected chi connectivity index (χ4v) is 3.29. The highest BCUT2D eigenvalue weighted by molar-refractivity contribution is 5.81. The number of amides is 2. The Balaban J connectivity index is 1.89. The summed E-state index contributed by atoms with van der Waals surface area (Å²) in [4.78, 5) is 28.3. The monoisotopic (exact) mass is 361 g/mol. The van der Waals surface area contributed by atoms with Crippen molar-refractivity contribution < 1.29 is 14.3 Å². The van der Waals surface area contributed by atoms with E-state index in [-0.39, 0.29) is 30.6 Å². The molecule has 0 aromatic heterocycles. The first-order valence-corrected chi connectivity index (χ1v) is 9.40. The van der Waals surface area contributed by atoms with Crippen molar-refractivity contribution in [2.24, 2.45) is 11.7 Å². The molecular weight excluding hydrogens is 330 g/mol. The van der Waals surface area contributed by atoms with Crippen LogP contribution in [0.15, 0.2) is 30.3 Å². The van der Waals surface area contributed by atoms with Crippen molar-refractivity contribution in [1.29, 1.82) is 0 Å². The molecule has 2 atom stereocenters. The van der Waals surface area contributed by atoms with Crippen LogP contribution in [0.2, 0.25) is 0 Å². The van der Waals surface area contributed by atoms with E-state index in [2.05, 4.69) is 0 Å². The number of benzene rings is 1. The van der Waals surface area contributed by atoms with Crippen LogP contribution in [0, 0.1) is 5.92 Å². The van der Waals surface area contributed by atoms with E-state index in [0.717, 1.165) is 18.4 Å². The van der Waals surface area contributed by atoms with Crippen LogP contribution >= 0.6 is 0 Å². The molecule has 2 N–H and O–H groups in total. The molecule has 0 spiro atoms. The summed E-state index contributed by atoms with van der Waals surface area (Å²) in [5, 5.41) is 0. The number of nitrogens with two attached hydrogens (primary N) is 1. The van der Waals surface area contributed by atoms with Crippen LogP contribution in [-0.4, -0.2) is 53.5 Å². The molecule has 0 bridgehead atoms. The van der Waals surface area contributed by atoms with Crippen LogP contribution in [0.3, 0.4) is 0 Å². The molecule has 1 fully saturated rings. The lowest BCUT2D eigenvalue weighted by atomic mass is 9.97. The third kappa shape index (κ3) is 5.73. The van der Waals surface area contributed by atoms with E-state index in [1.165, 1.54) is 0 Å². The molecule has 6 heteroatoms. The van der Waals surface area contributed by atoms with Gasteiger partial charge in [0, 0.05) is 25.7 Å². The molecule has 2 unspecified atom stereocenters. The molecule has 0 radical (unpaired) electrons. The van der Waals surface area contributed by atoms with Gasteiger partial charge in [0.15, 0.2) is 0 Å². The zero-order chi connectivity index (χ0) is 19.1. The normalized spacial score (nSPS) is 18.5. The van der Waals surface area contributed by atoms with Gasteiger partial charge in [0.05, 0.1) is 6.04 Å². The van der Waals surface area contributed by atoms with Gasteiger partial charge in [-0.15, -0.1) is 0 Å². The predicted octanol–water partition coefficient (Wildman–Crippen LogP) is 2.62. The van der Waals surface area contributed by atoms with E-state index in [0.29, 0.717) is 19.6 Å². The fraction of sp³-hybridized carbons (Fsp3) is 0.600. The molecule has 0 aliphatic carbocycles. The van der Waals surface area contributed by atoms with Gasteiger partial charge < -0.3 is 20.3 Å². The minimum absolute atomic E-state index is 0.0382. The highest BCUT2D eigenvalue weighted by Crippen LogP contribution is 2.20. The van der Waals surface area contributed by atoms with Crippen molar-refractivity contribution in [3.8, 4) is 0 Å². The van der Waals surface area contributed by atoms with Gasteiger partial charge in [-0.05, 0) is 45.1 Å². The molecule has 26 heavy (non-hydrogen) atoms. The standard InChI is InChI=1S/C20H31N3O3/c1-15(2)23(19(24)16(3)21)13-18-10-7-11-22(12-18)20(25)26-14-17-8-5-4-6-9-17/h4-6,8-9,15-16,18H,7,10-14,21H2,1-3H3. The van der Waals surface area contributed by atoms with Gasteiger partial charge in [-0.2, -0.15) is 0 Å². The van der Waals surface area contributed by atoms with Gasteiger partial charge in [0.1, 0.15) is 6.61 Å². The van der Waals surface area contributed by atoms with E-state index < -0.39 is 6.04 Å². The number of piperidine rings is 1. The third-order valence-corrected chi connectivity index (χ3v) is 4.73. The van der Waals surface area contributed by atoms with Crippen molar-refractivity contribution in [1.82, 2.24) is 9.80 Å². The highest BCUT2D eigenvalue weighted by atomic mass is 16.6. The van der Waals surface area contributed by atoms with Crippen LogP contribution in [-0.2, 0) is 16.1 Å². The maximum atomic E-state index is 12.4. The van der Waals surface area contributed by atoms with Crippen LogP contribution in [0.5, 0.6) is 0 Å². The summed E-state index contributed by atoms with van der Waals surface area (Å²) < 4.78 is 5.44. The SMILES string of the molecule is CC(N)C(=O)N(CC1CCCN(C(=O)OCc2ccccc2)C1)C(C)C. The molecule has 1 aliphatic rings. The maximum absolute atomic E-state index is 12.4. The first-order chi connectivity index (χ1) is 12.4. The predicted molar refractivity (Wildman–Crippen MR) is 101 cm³/mol. The smallest absolute Gasteiger partial charge is 0.410 e. The highest BCUT2D eigenvalue weighted by Gasteiger charge is 2.29. The van der Waals surface area contributed by atoms with Crippen molar-refractivity contribution in [3.63, 3.8) is 0 Å². The summed E-state index contributed by atoms with van der Waals surface area (Å²) in [5.74, 6) is 0.210. The van der Waals surface area contributed by atoms with Gasteiger partial charge in [-0.25, -0.2) is 4.79 Å². The number of carbonyl (C=O) groups excluding carboxylic acids is 2. The molecule has 2 amide bonds. The third-order valence-electron chi connectivity index (χ3n) is 4.73. The first kappa shape index (κ1) is 20.2. The van der Waals surface area contributed by atoms with Crippen LogP contribution in [0.4, 0.5) is 4.79 Å². The minimum Gasteiger partial charge on any atom is -0.445 e. The fourth-order valence-electron chi connectivity index (χ4n) is 3.29. The second-order valence-electron chi connectivity index (χ2n) is 7.37. The van der Waals surface area contributed by atoms with E-state index in [1.807, 2.05) is 49.1 Å². The van der Waals surface area contributed by atoms with E-state index in [9.17, 15) is 9.59 Å². The van der Waals surface area contributed by atoms with Gasteiger partial charge in [0.2, 0.25) is 5.91 Å². The summed E-state index contributed by atoms with van der Waals surface area (Å²) in [6.07, 6.45) is 1.63. The molecular formula is C20H31N3O3. The summed E-state index contributed by atoms with van der Waals surface area (Å²) >= 11 is 0. The zero-order valence-electron chi connectivity index (χ0n) is 16.1. The quantitative estimate of drug-likeness (QED) is 0.845. The molecule has 2 rings (SSSR count). The molecule has 1 saturated heterocycles. The summed E-state index contributed by atoms with van der Waals surface area (Å²) in [6, 6.07) is 9.25. The Kier molecular flexibility index (Phi) is 7.45. The minimum atomic E-state index is -0.507. The van der Waals surface area contributed by atoms with Crippen molar-refractivity contribution >= 4 is 12.0 Å². The number of hydrogen-bond donors (Lipinski definition) is 1. The maximum Gasteiger partial charge on any atom is 0.410 e. The second-order valence-corrected chi connectivity index (χ2v) is 7.37. The topological polar surface area (TPSA) is 75.9 Å². The Labute approximate surface area is 156 Å². The van der Waals surface area contributed by atoms with Crippen molar-refractivity contribution in [2.75, 3.05) is 19.6 Å². The second kappa shape index (κ2) is 9.57. The average molecular weight is 361 g/mol. The van der Waals surface area contributed by atoms with Crippen LogP contribution < -0.4 is 5.73 Å². The van der Waals surface area contributed by atoms with Crippen molar-refractivity contribution in [3.05, 3.63) is 35.9 Å². The van der Waals surface area contributed by atoms with E-state index in [4.69, 9.17) is 10.5 Å². The Morgan fingerprint density at radius 3 is 2.58 bits per heavy atom. The largest absolute Gasteiger partial charge is 0.445 e. The van der Waals surface area contributed by atoms with Crippen LogP contribution in [0.1, 0.15) is 39.2 Å². The number of likely N-dealkylation sites (tertiary alicyclic amines) is 1. The lowest BCUT2D eigenvalue weighted by Gasteiger charge is -2.37. The number of rotatable bonds is 6. The van der Waals surface area contributed by atoms with Crippen molar-refractivity contribution in [2.45, 2.75) is 52.3 Å². The molecule has 6 nitrogen and oxygen atoms in total. The summed E-state index contributed by atoms with van der Waals surface area (Å²) in [5.41, 5.74) is 6.75. The number of carbonyl (C=O) groups is 2. The number of ether oxygens (including phenoxy) is 1. The Bertz CT molecular complexity index is 589. The molecule has 0 saturated carbocycles. The molecule has 144 valence electrons. The molecule has 1 heterocycles.